The number of carbonyl (C=O) groups is 1. The molecule has 17 heavy (non-hydrogen) atoms. The third kappa shape index (κ3) is 2.42. The smallest absolute Gasteiger partial charge is 0.410 e. The molecule has 0 radical (unpaired) electrons. The molecule has 1 fully saturated rings. The molecule has 1 saturated heterocycles. The standard InChI is InChI=1S/C13H17NO3/c1-13(7-8-15)10-17-12(16)14(13)9-11-5-3-2-4-6-11/h2-6,15H,7-10H2,1H3. The summed E-state index contributed by atoms with van der Waals surface area (Å²) in [4.78, 5) is 13.4. The normalized spacial score (nSPS) is 23.9. The Morgan fingerprint density at radius 2 is 2.12 bits per heavy atom. The molecule has 1 aromatic carbocycles. The molecule has 0 aromatic heterocycles. The van der Waals surface area contributed by atoms with Gasteiger partial charge in [-0.15, -0.1) is 0 Å². The lowest BCUT2D eigenvalue weighted by molar-refractivity contribution is 0.131. The molecule has 4 heteroatoms. The second-order valence-electron chi connectivity index (χ2n) is 4.60. The van der Waals surface area contributed by atoms with Gasteiger partial charge in [-0.3, -0.25) is 4.90 Å². The van der Waals surface area contributed by atoms with Gasteiger partial charge >= 0.3 is 6.09 Å². The van der Waals surface area contributed by atoms with Crippen LogP contribution in [-0.2, 0) is 11.3 Å². The number of rotatable bonds is 4. The van der Waals surface area contributed by atoms with Crippen LogP contribution in [0.15, 0.2) is 30.3 Å². The van der Waals surface area contributed by atoms with E-state index in [0.717, 1.165) is 5.56 Å². The molecule has 2 rings (SSSR count). The summed E-state index contributed by atoms with van der Waals surface area (Å²) in [5.74, 6) is 0. The van der Waals surface area contributed by atoms with Crippen LogP contribution in [-0.4, -0.2) is 34.9 Å². The Hall–Kier alpha value is -1.55. The van der Waals surface area contributed by atoms with Crippen LogP contribution in [0.5, 0.6) is 0 Å². The van der Waals surface area contributed by atoms with Crippen LogP contribution in [0.2, 0.25) is 0 Å². The number of benzene rings is 1. The number of cyclic esters (lactones) is 1. The van der Waals surface area contributed by atoms with Crippen molar-refractivity contribution in [2.75, 3.05) is 13.2 Å². The van der Waals surface area contributed by atoms with E-state index in [4.69, 9.17) is 9.84 Å². The maximum Gasteiger partial charge on any atom is 0.410 e. The van der Waals surface area contributed by atoms with Gasteiger partial charge in [-0.05, 0) is 18.9 Å². The van der Waals surface area contributed by atoms with Crippen molar-refractivity contribution in [2.24, 2.45) is 0 Å². The first kappa shape index (κ1) is 11.9. The lowest BCUT2D eigenvalue weighted by Gasteiger charge is -2.31. The Kier molecular flexibility index (Phi) is 3.33. The van der Waals surface area contributed by atoms with Gasteiger partial charge in [-0.1, -0.05) is 30.3 Å². The third-order valence-corrected chi connectivity index (χ3v) is 3.21. The van der Waals surface area contributed by atoms with E-state index in [1.807, 2.05) is 37.3 Å². The second kappa shape index (κ2) is 4.75. The van der Waals surface area contributed by atoms with Gasteiger partial charge in [-0.25, -0.2) is 4.79 Å². The first-order valence-electron chi connectivity index (χ1n) is 5.75. The summed E-state index contributed by atoms with van der Waals surface area (Å²) >= 11 is 0. The van der Waals surface area contributed by atoms with Crippen molar-refractivity contribution >= 4 is 6.09 Å². The van der Waals surface area contributed by atoms with Gasteiger partial charge in [0, 0.05) is 13.2 Å². The van der Waals surface area contributed by atoms with Crippen molar-refractivity contribution in [1.29, 1.82) is 0 Å². The minimum Gasteiger partial charge on any atom is -0.447 e. The Balaban J connectivity index is 2.15. The van der Waals surface area contributed by atoms with E-state index in [9.17, 15) is 4.79 Å². The molecule has 1 aliphatic heterocycles. The monoisotopic (exact) mass is 235 g/mol. The Labute approximate surface area is 101 Å². The summed E-state index contributed by atoms with van der Waals surface area (Å²) in [5.41, 5.74) is 0.664. The van der Waals surface area contributed by atoms with Crippen molar-refractivity contribution in [1.82, 2.24) is 4.90 Å². The summed E-state index contributed by atoms with van der Waals surface area (Å²) < 4.78 is 5.08. The molecule has 1 aliphatic rings. The molecule has 1 atom stereocenters. The minimum absolute atomic E-state index is 0.0540. The molecule has 1 amide bonds. The number of hydrogen-bond donors (Lipinski definition) is 1. The van der Waals surface area contributed by atoms with Gasteiger partial charge in [0.2, 0.25) is 0 Å². The third-order valence-electron chi connectivity index (χ3n) is 3.21. The fraction of sp³-hybridized carbons (Fsp3) is 0.462. The van der Waals surface area contributed by atoms with Gasteiger partial charge in [0.25, 0.3) is 0 Å². The topological polar surface area (TPSA) is 49.8 Å². The van der Waals surface area contributed by atoms with Crippen molar-refractivity contribution < 1.29 is 14.6 Å². The average Bonchev–Trinajstić information content (AvgIpc) is 2.60. The molecular formula is C13H17NO3. The van der Waals surface area contributed by atoms with E-state index in [0.29, 0.717) is 19.6 Å². The predicted octanol–water partition coefficient (Wildman–Crippen LogP) is 1.78. The Morgan fingerprint density at radius 1 is 1.41 bits per heavy atom. The fourth-order valence-electron chi connectivity index (χ4n) is 2.06. The van der Waals surface area contributed by atoms with Gasteiger partial charge in [-0.2, -0.15) is 0 Å². The number of aliphatic hydroxyl groups is 1. The number of amides is 1. The highest BCUT2D eigenvalue weighted by Gasteiger charge is 2.42. The van der Waals surface area contributed by atoms with Crippen LogP contribution in [0.4, 0.5) is 4.79 Å². The van der Waals surface area contributed by atoms with Gasteiger partial charge in [0.15, 0.2) is 0 Å². The quantitative estimate of drug-likeness (QED) is 0.865. The van der Waals surface area contributed by atoms with Crippen LogP contribution in [0, 0.1) is 0 Å². The van der Waals surface area contributed by atoms with Gasteiger partial charge < -0.3 is 9.84 Å². The molecular weight excluding hydrogens is 218 g/mol. The van der Waals surface area contributed by atoms with E-state index in [2.05, 4.69) is 0 Å². The van der Waals surface area contributed by atoms with Crippen LogP contribution < -0.4 is 0 Å². The fourth-order valence-corrected chi connectivity index (χ4v) is 2.06. The molecule has 0 aliphatic carbocycles. The summed E-state index contributed by atoms with van der Waals surface area (Å²) in [6.45, 7) is 2.87. The molecule has 0 bridgehead atoms. The van der Waals surface area contributed by atoms with Gasteiger partial charge in [0.05, 0.1) is 5.54 Å². The van der Waals surface area contributed by atoms with Crippen molar-refractivity contribution in [3.05, 3.63) is 35.9 Å². The molecule has 0 saturated carbocycles. The van der Waals surface area contributed by atoms with E-state index < -0.39 is 5.54 Å². The number of ether oxygens (including phenoxy) is 1. The van der Waals surface area contributed by atoms with Crippen LogP contribution in [0.1, 0.15) is 18.9 Å². The Bertz CT molecular complexity index is 393. The lowest BCUT2D eigenvalue weighted by atomic mass is 9.97. The maximum atomic E-state index is 11.7. The van der Waals surface area contributed by atoms with Crippen molar-refractivity contribution in [3.8, 4) is 0 Å². The molecule has 92 valence electrons. The summed E-state index contributed by atoms with van der Waals surface area (Å²) in [5, 5.41) is 9.07. The molecule has 1 heterocycles. The lowest BCUT2D eigenvalue weighted by Crippen LogP contribution is -2.44. The molecule has 1 N–H and O–H groups in total. The van der Waals surface area contributed by atoms with Crippen molar-refractivity contribution in [3.63, 3.8) is 0 Å². The SMILES string of the molecule is CC1(CCO)COC(=O)N1Cc1ccccc1. The summed E-state index contributed by atoms with van der Waals surface area (Å²) in [6.07, 6.45) is 0.232. The zero-order valence-corrected chi connectivity index (χ0v) is 9.93. The predicted molar refractivity (Wildman–Crippen MR) is 63.4 cm³/mol. The highest BCUT2D eigenvalue weighted by molar-refractivity contribution is 5.71. The molecule has 4 nitrogen and oxygen atoms in total. The minimum atomic E-state index is -0.401. The summed E-state index contributed by atoms with van der Waals surface area (Å²) in [6, 6.07) is 9.79. The number of hydrogen-bond acceptors (Lipinski definition) is 3. The summed E-state index contributed by atoms with van der Waals surface area (Å²) in [7, 11) is 0. The number of aliphatic hydroxyl groups excluding tert-OH is 1. The number of nitrogens with zero attached hydrogens (tertiary/aromatic N) is 1. The van der Waals surface area contributed by atoms with E-state index in [1.165, 1.54) is 0 Å². The average molecular weight is 235 g/mol. The highest BCUT2D eigenvalue weighted by Crippen LogP contribution is 2.28. The zero-order valence-electron chi connectivity index (χ0n) is 9.93. The van der Waals surface area contributed by atoms with E-state index >= 15 is 0 Å². The first-order valence-corrected chi connectivity index (χ1v) is 5.75. The van der Waals surface area contributed by atoms with Crippen LogP contribution in [0.3, 0.4) is 0 Å². The molecule has 1 aromatic rings. The van der Waals surface area contributed by atoms with E-state index in [1.54, 1.807) is 4.90 Å². The highest BCUT2D eigenvalue weighted by atomic mass is 16.6. The molecule has 0 spiro atoms. The van der Waals surface area contributed by atoms with Crippen LogP contribution in [0.25, 0.3) is 0 Å². The zero-order chi connectivity index (χ0) is 12.3. The second-order valence-corrected chi connectivity index (χ2v) is 4.60. The number of carbonyl (C=O) groups excluding carboxylic acids is 1. The largest absolute Gasteiger partial charge is 0.447 e. The molecule has 1 unspecified atom stereocenters. The van der Waals surface area contributed by atoms with E-state index in [-0.39, 0.29) is 12.7 Å². The Morgan fingerprint density at radius 3 is 2.76 bits per heavy atom. The van der Waals surface area contributed by atoms with Crippen LogP contribution >= 0.6 is 0 Å². The van der Waals surface area contributed by atoms with Gasteiger partial charge in [0.1, 0.15) is 6.61 Å². The van der Waals surface area contributed by atoms with Crippen molar-refractivity contribution in [2.45, 2.75) is 25.4 Å². The maximum absolute atomic E-state index is 11.7. The first-order chi connectivity index (χ1) is 8.15.